The number of hydrogen-bond donors (Lipinski definition) is 2. The van der Waals surface area contributed by atoms with Crippen molar-refractivity contribution < 1.29 is 27.8 Å². The highest BCUT2D eigenvalue weighted by Gasteiger charge is 2.35. The number of amides is 1. The zero-order valence-electron chi connectivity index (χ0n) is 20.7. The fraction of sp³-hybridized carbons (Fsp3) is 0.519. The van der Waals surface area contributed by atoms with E-state index in [9.17, 15) is 18.3 Å². The van der Waals surface area contributed by atoms with Gasteiger partial charge in [0.15, 0.2) is 0 Å². The van der Waals surface area contributed by atoms with Gasteiger partial charge in [-0.3, -0.25) is 4.79 Å². The van der Waals surface area contributed by atoms with Crippen LogP contribution in [0.5, 0.6) is 5.75 Å². The second kappa shape index (κ2) is 12.2. The Morgan fingerprint density at radius 1 is 1.06 bits per heavy atom. The zero-order chi connectivity index (χ0) is 25.5. The van der Waals surface area contributed by atoms with Crippen LogP contribution >= 0.6 is 0 Å². The van der Waals surface area contributed by atoms with Crippen LogP contribution in [-0.2, 0) is 26.0 Å². The van der Waals surface area contributed by atoms with Crippen LogP contribution < -0.4 is 9.46 Å². The number of aliphatic hydroxyl groups excluding tert-OH is 1. The van der Waals surface area contributed by atoms with E-state index in [-0.39, 0.29) is 29.9 Å². The Bertz CT molecular complexity index is 1090. The number of hydrogen-bond acceptors (Lipinski definition) is 6. The molecule has 2 saturated heterocycles. The molecule has 2 aromatic carbocycles. The summed E-state index contributed by atoms with van der Waals surface area (Å²) in [6.45, 7) is 1.17. The SMILES string of the molecule is COc1ccc(S(=O)(=O)N[C@@H]2CC[C@H](CC(=O)N3CCC(Cc4ccccc4)CC3)O[C@@H]2CO)cc1. The second-order valence-electron chi connectivity index (χ2n) is 9.68. The monoisotopic (exact) mass is 516 g/mol. The van der Waals surface area contributed by atoms with Crippen LogP contribution in [0, 0.1) is 5.92 Å². The number of likely N-dealkylation sites (tertiary alicyclic amines) is 1. The highest BCUT2D eigenvalue weighted by Crippen LogP contribution is 2.27. The van der Waals surface area contributed by atoms with Crippen LogP contribution in [0.15, 0.2) is 59.5 Å². The fourth-order valence-electron chi connectivity index (χ4n) is 5.10. The molecule has 2 heterocycles. The molecule has 2 fully saturated rings. The summed E-state index contributed by atoms with van der Waals surface area (Å²) in [5.41, 5.74) is 1.34. The number of rotatable bonds is 9. The van der Waals surface area contributed by atoms with E-state index in [2.05, 4.69) is 29.0 Å². The molecule has 0 spiro atoms. The van der Waals surface area contributed by atoms with E-state index in [0.29, 0.717) is 24.5 Å². The molecule has 2 aliphatic heterocycles. The molecule has 196 valence electrons. The summed E-state index contributed by atoms with van der Waals surface area (Å²) >= 11 is 0. The molecule has 4 rings (SSSR count). The summed E-state index contributed by atoms with van der Waals surface area (Å²) in [4.78, 5) is 15.0. The third kappa shape index (κ3) is 6.85. The molecule has 9 heteroatoms. The van der Waals surface area contributed by atoms with Crippen LogP contribution in [0.3, 0.4) is 0 Å². The number of sulfonamides is 1. The minimum absolute atomic E-state index is 0.0621. The Labute approximate surface area is 213 Å². The lowest BCUT2D eigenvalue weighted by molar-refractivity contribution is -0.141. The third-order valence-corrected chi connectivity index (χ3v) is 8.71. The number of carbonyl (C=O) groups excluding carboxylic acids is 1. The standard InChI is InChI=1S/C27H36N2O6S/c1-34-22-7-10-24(11-8-22)36(32,33)28-25-12-9-23(35-26(25)19-30)18-27(31)29-15-13-21(14-16-29)17-20-5-3-2-4-6-20/h2-8,10-11,21,23,25-26,28,30H,9,12-19H2,1H3/t23-,25-,26-/m1/s1. The largest absolute Gasteiger partial charge is 0.497 e. The minimum Gasteiger partial charge on any atom is -0.497 e. The van der Waals surface area contributed by atoms with Gasteiger partial charge in [-0.1, -0.05) is 30.3 Å². The first kappa shape index (κ1) is 26.6. The molecule has 2 N–H and O–H groups in total. The Hall–Kier alpha value is -2.46. The van der Waals surface area contributed by atoms with Crippen molar-refractivity contribution in [3.63, 3.8) is 0 Å². The molecule has 0 aliphatic carbocycles. The van der Waals surface area contributed by atoms with E-state index in [1.54, 1.807) is 12.1 Å². The maximum absolute atomic E-state index is 12.9. The lowest BCUT2D eigenvalue weighted by Gasteiger charge is -2.37. The molecule has 0 bridgehead atoms. The molecule has 2 aliphatic rings. The Morgan fingerprint density at radius 3 is 2.39 bits per heavy atom. The van der Waals surface area contributed by atoms with Crippen LogP contribution in [0.25, 0.3) is 0 Å². The average Bonchev–Trinajstić information content (AvgIpc) is 2.90. The summed E-state index contributed by atoms with van der Waals surface area (Å²) < 4.78 is 39.4. The Kier molecular flexibility index (Phi) is 9.00. The van der Waals surface area contributed by atoms with Crippen molar-refractivity contribution in [1.29, 1.82) is 0 Å². The molecular weight excluding hydrogens is 480 g/mol. The summed E-state index contributed by atoms with van der Waals surface area (Å²) in [6.07, 6.45) is 3.25. The predicted octanol–water partition coefficient (Wildman–Crippen LogP) is 2.75. The first-order chi connectivity index (χ1) is 17.4. The molecular formula is C27H36N2O6S. The summed E-state index contributed by atoms with van der Waals surface area (Å²) in [7, 11) is -2.27. The van der Waals surface area contributed by atoms with Crippen molar-refractivity contribution in [3.05, 3.63) is 60.2 Å². The number of benzene rings is 2. The van der Waals surface area contributed by atoms with Gasteiger partial charge in [0.1, 0.15) is 5.75 Å². The van der Waals surface area contributed by atoms with Crippen molar-refractivity contribution >= 4 is 15.9 Å². The van der Waals surface area contributed by atoms with Crippen molar-refractivity contribution in [3.8, 4) is 5.75 Å². The van der Waals surface area contributed by atoms with Gasteiger partial charge < -0.3 is 19.5 Å². The van der Waals surface area contributed by atoms with Crippen LogP contribution in [0.1, 0.15) is 37.7 Å². The maximum Gasteiger partial charge on any atom is 0.240 e. The number of nitrogens with one attached hydrogen (secondary N) is 1. The second-order valence-corrected chi connectivity index (χ2v) is 11.4. The molecule has 3 atom stereocenters. The predicted molar refractivity (Wildman–Crippen MR) is 136 cm³/mol. The zero-order valence-corrected chi connectivity index (χ0v) is 21.5. The van der Waals surface area contributed by atoms with Gasteiger partial charge in [0.2, 0.25) is 15.9 Å². The van der Waals surface area contributed by atoms with E-state index >= 15 is 0 Å². The number of nitrogens with zero attached hydrogens (tertiary/aromatic N) is 1. The first-order valence-electron chi connectivity index (χ1n) is 12.6. The Balaban J connectivity index is 1.25. The van der Waals surface area contributed by atoms with E-state index in [0.717, 1.165) is 32.4 Å². The molecule has 0 aromatic heterocycles. The third-order valence-electron chi connectivity index (χ3n) is 7.21. The van der Waals surface area contributed by atoms with Gasteiger partial charge in [0.05, 0.1) is 43.3 Å². The Morgan fingerprint density at radius 2 is 1.75 bits per heavy atom. The van der Waals surface area contributed by atoms with Crippen molar-refractivity contribution in [2.24, 2.45) is 5.92 Å². The van der Waals surface area contributed by atoms with Crippen LogP contribution in [0.2, 0.25) is 0 Å². The van der Waals surface area contributed by atoms with Gasteiger partial charge in [-0.2, -0.15) is 0 Å². The van der Waals surface area contributed by atoms with E-state index in [4.69, 9.17) is 9.47 Å². The number of carbonyl (C=O) groups is 1. The number of piperidine rings is 1. The van der Waals surface area contributed by atoms with Crippen LogP contribution in [0.4, 0.5) is 0 Å². The fourth-order valence-corrected chi connectivity index (χ4v) is 6.40. The quantitative estimate of drug-likeness (QED) is 0.531. The van der Waals surface area contributed by atoms with Gasteiger partial charge >= 0.3 is 0 Å². The molecule has 0 radical (unpaired) electrons. The van der Waals surface area contributed by atoms with E-state index in [1.807, 2.05) is 11.0 Å². The highest BCUT2D eigenvalue weighted by molar-refractivity contribution is 7.89. The molecule has 0 unspecified atom stereocenters. The number of ether oxygens (including phenoxy) is 2. The van der Waals surface area contributed by atoms with Crippen molar-refractivity contribution in [1.82, 2.24) is 9.62 Å². The smallest absolute Gasteiger partial charge is 0.240 e. The summed E-state index contributed by atoms with van der Waals surface area (Å²) in [5.74, 6) is 1.21. The topological polar surface area (TPSA) is 105 Å². The molecule has 36 heavy (non-hydrogen) atoms. The average molecular weight is 517 g/mol. The van der Waals surface area contributed by atoms with E-state index in [1.165, 1.54) is 24.8 Å². The highest BCUT2D eigenvalue weighted by atomic mass is 32.2. The lowest BCUT2D eigenvalue weighted by Crippen LogP contribution is -2.51. The van der Waals surface area contributed by atoms with Crippen LogP contribution in [-0.4, -0.2) is 69.4 Å². The molecule has 8 nitrogen and oxygen atoms in total. The maximum atomic E-state index is 12.9. The minimum atomic E-state index is -3.79. The van der Waals surface area contributed by atoms with Gasteiger partial charge in [0, 0.05) is 13.1 Å². The number of methoxy groups -OCH3 is 1. The summed E-state index contributed by atoms with van der Waals surface area (Å²) in [5, 5.41) is 9.88. The van der Waals surface area contributed by atoms with Gasteiger partial charge in [0.25, 0.3) is 0 Å². The first-order valence-corrected chi connectivity index (χ1v) is 14.1. The number of aliphatic hydroxyl groups is 1. The molecule has 2 aromatic rings. The van der Waals surface area contributed by atoms with E-state index < -0.39 is 22.2 Å². The van der Waals surface area contributed by atoms with Crippen molar-refractivity contribution in [2.75, 3.05) is 26.8 Å². The normalized spacial score (nSPS) is 23.4. The van der Waals surface area contributed by atoms with Gasteiger partial charge in [-0.05, 0) is 67.9 Å². The van der Waals surface area contributed by atoms with Gasteiger partial charge in [-0.15, -0.1) is 0 Å². The molecule has 0 saturated carbocycles. The van der Waals surface area contributed by atoms with Crippen molar-refractivity contribution in [2.45, 2.75) is 61.7 Å². The summed E-state index contributed by atoms with van der Waals surface area (Å²) in [6, 6.07) is 16.0. The van der Waals surface area contributed by atoms with Gasteiger partial charge in [-0.25, -0.2) is 13.1 Å². The lowest BCUT2D eigenvalue weighted by atomic mass is 9.90. The molecule has 1 amide bonds.